The van der Waals surface area contributed by atoms with Crippen molar-refractivity contribution in [2.75, 3.05) is 26.2 Å². The first-order valence-electron chi connectivity index (χ1n) is 6.65. The van der Waals surface area contributed by atoms with Gasteiger partial charge in [0, 0.05) is 6.54 Å². The maximum Gasteiger partial charge on any atom is 0.405 e. The van der Waals surface area contributed by atoms with Crippen LogP contribution in [0.3, 0.4) is 0 Å². The largest absolute Gasteiger partial charge is 0.405 e. The minimum atomic E-state index is -4.40. The van der Waals surface area contributed by atoms with Crippen molar-refractivity contribution < 1.29 is 22.4 Å². The molecule has 1 heterocycles. The fourth-order valence-corrected chi connectivity index (χ4v) is 2.47. The number of amides is 1. The standard InChI is InChI=1S/C14H16F4N2O/c15-12-3-1-2-10(6-12)11-4-5-20(7-11)8-13(21)19-9-14(16,17)18/h1-3,6,11H,4-5,7-9H2,(H,19,21). The van der Waals surface area contributed by atoms with Crippen molar-refractivity contribution in [2.24, 2.45) is 0 Å². The number of carbonyl (C=O) groups excluding carboxylic acids is 1. The van der Waals surface area contributed by atoms with Gasteiger partial charge in [-0.2, -0.15) is 13.2 Å². The van der Waals surface area contributed by atoms with Gasteiger partial charge in [0.25, 0.3) is 0 Å². The van der Waals surface area contributed by atoms with Crippen LogP contribution in [0.15, 0.2) is 24.3 Å². The molecule has 1 aromatic carbocycles. The van der Waals surface area contributed by atoms with E-state index in [-0.39, 0.29) is 18.3 Å². The molecule has 116 valence electrons. The first kappa shape index (κ1) is 15.8. The predicted molar refractivity (Wildman–Crippen MR) is 69.3 cm³/mol. The Morgan fingerprint density at radius 1 is 1.38 bits per heavy atom. The van der Waals surface area contributed by atoms with E-state index in [4.69, 9.17) is 0 Å². The van der Waals surface area contributed by atoms with Crippen molar-refractivity contribution in [1.29, 1.82) is 0 Å². The Morgan fingerprint density at radius 3 is 2.81 bits per heavy atom. The van der Waals surface area contributed by atoms with Crippen molar-refractivity contribution in [1.82, 2.24) is 10.2 Å². The predicted octanol–water partition coefficient (Wildman–Crippen LogP) is 2.29. The minimum absolute atomic E-state index is 0.0676. The van der Waals surface area contributed by atoms with Crippen LogP contribution >= 0.6 is 0 Å². The third kappa shape index (κ3) is 5.00. The second-order valence-corrected chi connectivity index (χ2v) is 5.17. The monoisotopic (exact) mass is 304 g/mol. The summed E-state index contributed by atoms with van der Waals surface area (Å²) in [6.07, 6.45) is -3.64. The average molecular weight is 304 g/mol. The molecule has 0 bridgehead atoms. The Morgan fingerprint density at radius 2 is 2.14 bits per heavy atom. The number of halogens is 4. The van der Waals surface area contributed by atoms with Crippen molar-refractivity contribution in [3.05, 3.63) is 35.6 Å². The van der Waals surface area contributed by atoms with E-state index in [1.807, 2.05) is 11.4 Å². The van der Waals surface area contributed by atoms with E-state index in [1.165, 1.54) is 12.1 Å². The van der Waals surface area contributed by atoms with Crippen LogP contribution in [0.1, 0.15) is 17.9 Å². The van der Waals surface area contributed by atoms with E-state index in [1.54, 1.807) is 11.0 Å². The van der Waals surface area contributed by atoms with Gasteiger partial charge in [-0.3, -0.25) is 9.69 Å². The molecule has 2 rings (SSSR count). The number of nitrogens with zero attached hydrogens (tertiary/aromatic N) is 1. The van der Waals surface area contributed by atoms with Gasteiger partial charge in [0.2, 0.25) is 5.91 Å². The molecule has 1 aromatic rings. The van der Waals surface area contributed by atoms with Gasteiger partial charge in [0.1, 0.15) is 12.4 Å². The Balaban J connectivity index is 1.81. The molecule has 0 aliphatic carbocycles. The average Bonchev–Trinajstić information content (AvgIpc) is 2.84. The number of hydrogen-bond acceptors (Lipinski definition) is 2. The quantitative estimate of drug-likeness (QED) is 0.866. The molecule has 0 saturated carbocycles. The second-order valence-electron chi connectivity index (χ2n) is 5.17. The van der Waals surface area contributed by atoms with Gasteiger partial charge in [0.05, 0.1) is 6.54 Å². The molecule has 7 heteroatoms. The Bertz CT molecular complexity index is 504. The highest BCUT2D eigenvalue weighted by Crippen LogP contribution is 2.27. The Hall–Kier alpha value is -1.63. The number of benzene rings is 1. The lowest BCUT2D eigenvalue weighted by atomic mass is 9.98. The molecule has 0 spiro atoms. The van der Waals surface area contributed by atoms with Crippen LogP contribution in [-0.4, -0.2) is 43.2 Å². The molecule has 3 nitrogen and oxygen atoms in total. The smallest absolute Gasteiger partial charge is 0.346 e. The van der Waals surface area contributed by atoms with Crippen LogP contribution in [0.25, 0.3) is 0 Å². The summed E-state index contributed by atoms with van der Waals surface area (Å²) < 4.78 is 49.1. The van der Waals surface area contributed by atoms with Crippen LogP contribution in [-0.2, 0) is 4.79 Å². The van der Waals surface area contributed by atoms with E-state index < -0.39 is 18.6 Å². The third-order valence-electron chi connectivity index (χ3n) is 3.45. The number of carbonyl (C=O) groups is 1. The summed E-state index contributed by atoms with van der Waals surface area (Å²) in [5, 5.41) is 1.85. The van der Waals surface area contributed by atoms with Crippen molar-refractivity contribution >= 4 is 5.91 Å². The summed E-state index contributed by atoms with van der Waals surface area (Å²) in [5.74, 6) is -0.850. The van der Waals surface area contributed by atoms with Gasteiger partial charge in [0.15, 0.2) is 0 Å². The normalized spacial score (nSPS) is 19.7. The molecule has 1 amide bonds. The molecule has 1 atom stereocenters. The van der Waals surface area contributed by atoms with Crippen molar-refractivity contribution in [3.8, 4) is 0 Å². The molecule has 1 fully saturated rings. The summed E-state index contributed by atoms with van der Waals surface area (Å²) in [6, 6.07) is 6.27. The molecule has 1 saturated heterocycles. The molecule has 21 heavy (non-hydrogen) atoms. The maximum absolute atomic E-state index is 13.2. The Labute approximate surface area is 119 Å². The zero-order valence-corrected chi connectivity index (χ0v) is 11.3. The van der Waals surface area contributed by atoms with Crippen molar-refractivity contribution in [3.63, 3.8) is 0 Å². The van der Waals surface area contributed by atoms with Gasteiger partial charge in [-0.15, -0.1) is 0 Å². The van der Waals surface area contributed by atoms with Gasteiger partial charge in [-0.25, -0.2) is 4.39 Å². The molecule has 1 N–H and O–H groups in total. The summed E-state index contributed by atoms with van der Waals surface area (Å²) in [7, 11) is 0. The molecule has 1 aliphatic rings. The van der Waals surface area contributed by atoms with Gasteiger partial charge in [-0.05, 0) is 36.6 Å². The minimum Gasteiger partial charge on any atom is -0.346 e. The Kier molecular flexibility index (Phi) is 4.82. The fraction of sp³-hybridized carbons (Fsp3) is 0.500. The van der Waals surface area contributed by atoms with Crippen LogP contribution in [0, 0.1) is 5.82 Å². The van der Waals surface area contributed by atoms with Gasteiger partial charge >= 0.3 is 6.18 Å². The van der Waals surface area contributed by atoms with E-state index in [9.17, 15) is 22.4 Å². The summed E-state index contributed by atoms with van der Waals surface area (Å²) in [5.41, 5.74) is 0.855. The summed E-state index contributed by atoms with van der Waals surface area (Å²) >= 11 is 0. The number of nitrogens with one attached hydrogen (secondary N) is 1. The van der Waals surface area contributed by atoms with E-state index in [2.05, 4.69) is 0 Å². The number of alkyl halides is 3. The molecular weight excluding hydrogens is 288 g/mol. The summed E-state index contributed by atoms with van der Waals surface area (Å²) in [6.45, 7) is -0.224. The van der Waals surface area contributed by atoms with Crippen LogP contribution in [0.2, 0.25) is 0 Å². The lowest BCUT2D eigenvalue weighted by molar-refractivity contribution is -0.138. The number of likely N-dealkylation sites (tertiary alicyclic amines) is 1. The first-order chi connectivity index (χ1) is 9.83. The highest BCUT2D eigenvalue weighted by molar-refractivity contribution is 5.78. The number of hydrogen-bond donors (Lipinski definition) is 1. The van der Waals surface area contributed by atoms with E-state index >= 15 is 0 Å². The highest BCUT2D eigenvalue weighted by atomic mass is 19.4. The molecular formula is C14H16F4N2O. The van der Waals surface area contributed by atoms with Crippen LogP contribution in [0.5, 0.6) is 0 Å². The topological polar surface area (TPSA) is 32.3 Å². The molecule has 1 unspecified atom stereocenters. The van der Waals surface area contributed by atoms with Gasteiger partial charge < -0.3 is 5.32 Å². The highest BCUT2D eigenvalue weighted by Gasteiger charge is 2.29. The van der Waals surface area contributed by atoms with Gasteiger partial charge in [-0.1, -0.05) is 12.1 Å². The van der Waals surface area contributed by atoms with Crippen LogP contribution in [0.4, 0.5) is 17.6 Å². The number of rotatable bonds is 4. The lowest BCUT2D eigenvalue weighted by Gasteiger charge is -2.16. The first-order valence-corrected chi connectivity index (χ1v) is 6.65. The maximum atomic E-state index is 13.2. The van der Waals surface area contributed by atoms with Crippen LogP contribution < -0.4 is 5.32 Å². The molecule has 0 aromatic heterocycles. The summed E-state index contributed by atoms with van der Waals surface area (Å²) in [4.78, 5) is 13.2. The van der Waals surface area contributed by atoms with E-state index in [0.29, 0.717) is 13.1 Å². The fourth-order valence-electron chi connectivity index (χ4n) is 2.47. The second kappa shape index (κ2) is 6.43. The SMILES string of the molecule is O=C(CN1CCC(c2cccc(F)c2)C1)NCC(F)(F)F. The molecule has 0 radical (unpaired) electrons. The zero-order chi connectivity index (χ0) is 15.5. The zero-order valence-electron chi connectivity index (χ0n) is 11.3. The van der Waals surface area contributed by atoms with E-state index in [0.717, 1.165) is 12.0 Å². The lowest BCUT2D eigenvalue weighted by Crippen LogP contribution is -2.40. The third-order valence-corrected chi connectivity index (χ3v) is 3.45. The van der Waals surface area contributed by atoms with Crippen molar-refractivity contribution in [2.45, 2.75) is 18.5 Å². The molecule has 1 aliphatic heterocycles.